The molecule has 4 heteroatoms. The van der Waals surface area contributed by atoms with Crippen LogP contribution in [0.1, 0.15) is 12.5 Å². The van der Waals surface area contributed by atoms with Crippen molar-refractivity contribution in [2.45, 2.75) is 18.3 Å². The largest absolute Gasteiger partial charge is 0.326 e. The van der Waals surface area contributed by atoms with Crippen LogP contribution in [0.4, 0.5) is 5.69 Å². The zero-order chi connectivity index (χ0) is 10.6. The van der Waals surface area contributed by atoms with Crippen molar-refractivity contribution < 1.29 is 4.79 Å². The number of amides is 1. The molecule has 0 bridgehead atoms. The lowest BCUT2D eigenvalue weighted by Gasteiger charge is -2.10. The number of halogens is 1. The van der Waals surface area contributed by atoms with Gasteiger partial charge < -0.3 is 11.1 Å². The van der Waals surface area contributed by atoms with Crippen molar-refractivity contribution in [1.29, 1.82) is 0 Å². The molecule has 1 unspecified atom stereocenters. The highest BCUT2D eigenvalue weighted by molar-refractivity contribution is 9.10. The van der Waals surface area contributed by atoms with Crippen LogP contribution in [0, 0.1) is 0 Å². The summed E-state index contributed by atoms with van der Waals surface area (Å²) in [6.07, 6.45) is 0. The molecule has 0 spiro atoms. The molecule has 0 aliphatic rings. The van der Waals surface area contributed by atoms with E-state index >= 15 is 0 Å². The Balaban J connectivity index is 2.80. The molecule has 0 saturated heterocycles. The summed E-state index contributed by atoms with van der Waals surface area (Å²) in [7, 11) is 0. The van der Waals surface area contributed by atoms with Gasteiger partial charge in [0.25, 0.3) is 0 Å². The van der Waals surface area contributed by atoms with Crippen molar-refractivity contribution in [3.63, 3.8) is 0 Å². The van der Waals surface area contributed by atoms with Gasteiger partial charge in [0.1, 0.15) is 0 Å². The average Bonchev–Trinajstić information content (AvgIpc) is 2.18. The number of rotatable bonds is 3. The Morgan fingerprint density at radius 3 is 2.79 bits per heavy atom. The van der Waals surface area contributed by atoms with Crippen molar-refractivity contribution in [3.8, 4) is 0 Å². The molecular weight excluding hydrogens is 244 g/mol. The predicted molar refractivity (Wildman–Crippen MR) is 61.4 cm³/mol. The number of carbonyl (C=O) groups is 1. The number of carbonyl (C=O) groups excluding carboxylic acids is 1. The van der Waals surface area contributed by atoms with E-state index in [9.17, 15) is 4.79 Å². The summed E-state index contributed by atoms with van der Waals surface area (Å²) >= 11 is 3.20. The SMILES string of the molecule is CC(Br)C(=O)Nc1ccccc1CN. The van der Waals surface area contributed by atoms with Crippen LogP contribution in [0.3, 0.4) is 0 Å². The normalized spacial score (nSPS) is 12.2. The smallest absolute Gasteiger partial charge is 0.237 e. The third kappa shape index (κ3) is 2.82. The summed E-state index contributed by atoms with van der Waals surface area (Å²) in [6.45, 7) is 2.20. The number of nitrogens with two attached hydrogens (primary N) is 1. The molecule has 3 nitrogen and oxygen atoms in total. The first-order valence-corrected chi connectivity index (χ1v) is 5.29. The standard InChI is InChI=1S/C10H13BrN2O/c1-7(11)10(14)13-9-5-3-2-4-8(9)6-12/h2-5,7H,6,12H2,1H3,(H,13,14). The van der Waals surface area contributed by atoms with E-state index < -0.39 is 0 Å². The Hall–Kier alpha value is -0.870. The lowest BCUT2D eigenvalue weighted by Crippen LogP contribution is -2.21. The van der Waals surface area contributed by atoms with E-state index in [0.717, 1.165) is 11.3 Å². The highest BCUT2D eigenvalue weighted by atomic mass is 79.9. The van der Waals surface area contributed by atoms with Crippen LogP contribution in [0.25, 0.3) is 0 Å². The van der Waals surface area contributed by atoms with Crippen LogP contribution < -0.4 is 11.1 Å². The average molecular weight is 257 g/mol. The van der Waals surface area contributed by atoms with Crippen LogP contribution in [0.2, 0.25) is 0 Å². The lowest BCUT2D eigenvalue weighted by atomic mass is 10.2. The van der Waals surface area contributed by atoms with Crippen LogP contribution in [-0.2, 0) is 11.3 Å². The first kappa shape index (κ1) is 11.2. The van der Waals surface area contributed by atoms with Gasteiger partial charge in [-0.1, -0.05) is 34.1 Å². The molecule has 0 fully saturated rings. The van der Waals surface area contributed by atoms with Crippen LogP contribution in [0.15, 0.2) is 24.3 Å². The molecule has 1 amide bonds. The van der Waals surface area contributed by atoms with Gasteiger partial charge in [0.2, 0.25) is 5.91 Å². The maximum Gasteiger partial charge on any atom is 0.237 e. The molecule has 0 aromatic heterocycles. The molecule has 0 aliphatic heterocycles. The Kier molecular flexibility index (Phi) is 4.10. The van der Waals surface area contributed by atoms with Crippen LogP contribution in [-0.4, -0.2) is 10.7 Å². The van der Waals surface area contributed by atoms with E-state index in [1.54, 1.807) is 6.92 Å². The van der Waals surface area contributed by atoms with Gasteiger partial charge in [-0.15, -0.1) is 0 Å². The zero-order valence-corrected chi connectivity index (χ0v) is 9.54. The fourth-order valence-electron chi connectivity index (χ4n) is 1.05. The summed E-state index contributed by atoms with van der Waals surface area (Å²) < 4.78 is 0. The second kappa shape index (κ2) is 5.12. The van der Waals surface area contributed by atoms with Crippen molar-refractivity contribution in [3.05, 3.63) is 29.8 Å². The minimum Gasteiger partial charge on any atom is -0.326 e. The number of alkyl halides is 1. The van der Waals surface area contributed by atoms with Gasteiger partial charge in [-0.05, 0) is 18.6 Å². The maximum atomic E-state index is 11.4. The van der Waals surface area contributed by atoms with E-state index in [0.29, 0.717) is 6.54 Å². The minimum absolute atomic E-state index is 0.0640. The van der Waals surface area contributed by atoms with E-state index in [4.69, 9.17) is 5.73 Å². The third-order valence-corrected chi connectivity index (χ3v) is 2.27. The molecular formula is C10H13BrN2O. The maximum absolute atomic E-state index is 11.4. The number of hydrogen-bond donors (Lipinski definition) is 2. The molecule has 1 atom stereocenters. The fourth-order valence-corrected chi connectivity index (χ4v) is 1.17. The summed E-state index contributed by atoms with van der Waals surface area (Å²) in [4.78, 5) is 11.2. The fraction of sp³-hybridized carbons (Fsp3) is 0.300. The Labute approximate surface area is 91.8 Å². The Morgan fingerprint density at radius 2 is 2.21 bits per heavy atom. The summed E-state index contributed by atoms with van der Waals surface area (Å²) in [5.41, 5.74) is 7.26. The van der Waals surface area contributed by atoms with Gasteiger partial charge in [0.15, 0.2) is 0 Å². The summed E-state index contributed by atoms with van der Waals surface area (Å²) in [5, 5.41) is 2.80. The molecule has 1 aromatic rings. The second-order valence-electron chi connectivity index (χ2n) is 2.97. The molecule has 14 heavy (non-hydrogen) atoms. The topological polar surface area (TPSA) is 55.1 Å². The number of hydrogen-bond acceptors (Lipinski definition) is 2. The molecule has 76 valence electrons. The van der Waals surface area contributed by atoms with Crippen molar-refractivity contribution in [2.75, 3.05) is 5.32 Å². The van der Waals surface area contributed by atoms with Crippen LogP contribution in [0.5, 0.6) is 0 Å². The first-order valence-electron chi connectivity index (χ1n) is 4.38. The second-order valence-corrected chi connectivity index (χ2v) is 4.34. The predicted octanol–water partition coefficient (Wildman–Crippen LogP) is 1.87. The highest BCUT2D eigenvalue weighted by Crippen LogP contribution is 2.15. The molecule has 0 heterocycles. The lowest BCUT2D eigenvalue weighted by molar-refractivity contribution is -0.115. The van der Waals surface area contributed by atoms with E-state index in [1.165, 1.54) is 0 Å². The Bertz CT molecular complexity index is 326. The Morgan fingerprint density at radius 1 is 1.57 bits per heavy atom. The molecule has 1 aromatic carbocycles. The summed E-state index contributed by atoms with van der Waals surface area (Å²) in [6, 6.07) is 7.51. The van der Waals surface area contributed by atoms with Gasteiger partial charge in [0, 0.05) is 12.2 Å². The zero-order valence-electron chi connectivity index (χ0n) is 7.96. The van der Waals surface area contributed by atoms with Crippen molar-refractivity contribution in [1.82, 2.24) is 0 Å². The van der Waals surface area contributed by atoms with Gasteiger partial charge >= 0.3 is 0 Å². The number of benzene rings is 1. The van der Waals surface area contributed by atoms with Crippen molar-refractivity contribution in [2.24, 2.45) is 5.73 Å². The molecule has 1 rings (SSSR count). The first-order chi connectivity index (χ1) is 6.65. The highest BCUT2D eigenvalue weighted by Gasteiger charge is 2.09. The summed E-state index contributed by atoms with van der Waals surface area (Å²) in [5.74, 6) is -0.0640. The van der Waals surface area contributed by atoms with Crippen LogP contribution >= 0.6 is 15.9 Å². The minimum atomic E-state index is -0.201. The van der Waals surface area contributed by atoms with Crippen molar-refractivity contribution >= 4 is 27.5 Å². The molecule has 0 saturated carbocycles. The quantitative estimate of drug-likeness (QED) is 0.812. The van der Waals surface area contributed by atoms with Gasteiger partial charge in [-0.2, -0.15) is 0 Å². The van der Waals surface area contributed by atoms with E-state index in [1.807, 2.05) is 24.3 Å². The molecule has 3 N–H and O–H groups in total. The molecule has 0 aliphatic carbocycles. The molecule has 0 radical (unpaired) electrons. The van der Waals surface area contributed by atoms with Gasteiger partial charge in [0.05, 0.1) is 4.83 Å². The van der Waals surface area contributed by atoms with Gasteiger partial charge in [-0.3, -0.25) is 4.79 Å². The third-order valence-electron chi connectivity index (χ3n) is 1.86. The monoisotopic (exact) mass is 256 g/mol. The van der Waals surface area contributed by atoms with E-state index in [2.05, 4.69) is 21.2 Å². The number of para-hydroxylation sites is 1. The van der Waals surface area contributed by atoms with E-state index in [-0.39, 0.29) is 10.7 Å². The van der Waals surface area contributed by atoms with Gasteiger partial charge in [-0.25, -0.2) is 0 Å². The number of anilines is 1. The number of nitrogens with one attached hydrogen (secondary N) is 1.